The second-order valence-electron chi connectivity index (χ2n) is 7.19. The highest BCUT2D eigenvalue weighted by molar-refractivity contribution is 6.15. The Kier molecular flexibility index (Phi) is 5.21. The number of hydrogen-bond donors (Lipinski definition) is 1. The third-order valence-electron chi connectivity index (χ3n) is 4.96. The fourth-order valence-corrected chi connectivity index (χ4v) is 3.37. The van der Waals surface area contributed by atoms with Crippen LogP contribution in [0.4, 0.5) is 5.69 Å². The van der Waals surface area contributed by atoms with Gasteiger partial charge in [-0.05, 0) is 47.9 Å². The number of ketones is 1. The lowest BCUT2D eigenvalue weighted by Crippen LogP contribution is -2.07. The van der Waals surface area contributed by atoms with Crippen molar-refractivity contribution < 1.29 is 9.59 Å². The van der Waals surface area contributed by atoms with Crippen molar-refractivity contribution in [3.8, 4) is 0 Å². The summed E-state index contributed by atoms with van der Waals surface area (Å²) in [6.07, 6.45) is 5.90. The first-order valence-corrected chi connectivity index (χ1v) is 9.57. The predicted molar refractivity (Wildman–Crippen MR) is 118 cm³/mol. The molecule has 3 nitrogen and oxygen atoms in total. The second kappa shape index (κ2) is 8.11. The van der Waals surface area contributed by atoms with Crippen LogP contribution in [0, 0.1) is 6.92 Å². The highest BCUT2D eigenvalue weighted by Crippen LogP contribution is 2.27. The fourth-order valence-electron chi connectivity index (χ4n) is 3.37. The van der Waals surface area contributed by atoms with Gasteiger partial charge in [-0.25, -0.2) is 0 Å². The molecule has 0 bridgehead atoms. The third kappa shape index (κ3) is 4.41. The maximum Gasteiger partial charge on any atom is 0.248 e. The maximum atomic E-state index is 12.5. The Hall–Kier alpha value is -3.72. The van der Waals surface area contributed by atoms with Crippen LogP contribution >= 0.6 is 0 Å². The van der Waals surface area contributed by atoms with Gasteiger partial charge in [-0.15, -0.1) is 0 Å². The number of Topliss-reactive ketones (excluding diaryl/α,β-unsaturated/α-hetero) is 1. The predicted octanol–water partition coefficient (Wildman–Crippen LogP) is 5.47. The minimum Gasteiger partial charge on any atom is -0.323 e. The van der Waals surface area contributed by atoms with Crippen molar-refractivity contribution in [2.45, 2.75) is 13.3 Å². The lowest BCUT2D eigenvalue weighted by Gasteiger charge is -2.03. The lowest BCUT2D eigenvalue weighted by atomic mass is 10.1. The number of benzene rings is 3. The third-order valence-corrected chi connectivity index (χ3v) is 4.96. The van der Waals surface area contributed by atoms with Crippen LogP contribution in [0.15, 0.2) is 84.4 Å². The van der Waals surface area contributed by atoms with Gasteiger partial charge in [0.05, 0.1) is 0 Å². The largest absolute Gasteiger partial charge is 0.323 e. The molecular formula is C26H21NO2. The number of amides is 1. The van der Waals surface area contributed by atoms with E-state index in [2.05, 4.69) is 5.32 Å². The molecule has 0 unspecified atom stereocenters. The van der Waals surface area contributed by atoms with E-state index in [-0.39, 0.29) is 11.7 Å². The standard InChI is InChI=1S/C26H21NO2/c1-18-6-8-19(9-7-18)12-15-25(28)27-23-13-10-20(11-14-23)16-22-17-21-4-2-3-5-24(21)26(22)29/h2-16H,17H2,1H3,(H,27,28)/b15-12+,22-16+. The van der Waals surface area contributed by atoms with Gasteiger partial charge in [0.1, 0.15) is 0 Å². The Balaban J connectivity index is 1.40. The van der Waals surface area contributed by atoms with Gasteiger partial charge < -0.3 is 5.32 Å². The van der Waals surface area contributed by atoms with Crippen molar-refractivity contribution in [1.82, 2.24) is 0 Å². The van der Waals surface area contributed by atoms with Crippen molar-refractivity contribution >= 4 is 29.5 Å². The number of aryl methyl sites for hydroxylation is 1. The first-order chi connectivity index (χ1) is 14.1. The van der Waals surface area contributed by atoms with E-state index < -0.39 is 0 Å². The number of rotatable bonds is 4. The van der Waals surface area contributed by atoms with E-state index in [0.29, 0.717) is 12.1 Å². The lowest BCUT2D eigenvalue weighted by molar-refractivity contribution is -0.111. The SMILES string of the molecule is Cc1ccc(/C=C/C(=O)Nc2ccc(/C=C3\Cc4ccccc4C3=O)cc2)cc1. The van der Waals surface area contributed by atoms with Crippen LogP contribution in [0.5, 0.6) is 0 Å². The Morgan fingerprint density at radius 3 is 2.31 bits per heavy atom. The van der Waals surface area contributed by atoms with E-state index >= 15 is 0 Å². The van der Waals surface area contributed by atoms with Gasteiger partial charge in [-0.3, -0.25) is 9.59 Å². The zero-order valence-electron chi connectivity index (χ0n) is 16.2. The van der Waals surface area contributed by atoms with Gasteiger partial charge in [0.25, 0.3) is 0 Å². The minimum atomic E-state index is -0.182. The molecule has 1 aliphatic rings. The molecule has 0 saturated heterocycles. The molecule has 1 aliphatic carbocycles. The Labute approximate surface area is 170 Å². The molecule has 29 heavy (non-hydrogen) atoms. The van der Waals surface area contributed by atoms with Gasteiger partial charge in [-0.2, -0.15) is 0 Å². The molecule has 0 aliphatic heterocycles. The van der Waals surface area contributed by atoms with Gasteiger partial charge in [-0.1, -0.05) is 66.2 Å². The molecule has 3 heteroatoms. The topological polar surface area (TPSA) is 46.2 Å². The summed E-state index contributed by atoms with van der Waals surface area (Å²) in [5.74, 6) is -0.0858. The molecule has 4 rings (SSSR count). The Morgan fingerprint density at radius 1 is 0.897 bits per heavy atom. The molecular weight excluding hydrogens is 358 g/mol. The van der Waals surface area contributed by atoms with Crippen molar-refractivity contribution in [1.29, 1.82) is 0 Å². The monoisotopic (exact) mass is 379 g/mol. The summed E-state index contributed by atoms with van der Waals surface area (Å²) in [4.78, 5) is 24.6. The van der Waals surface area contributed by atoms with Crippen molar-refractivity contribution in [3.63, 3.8) is 0 Å². The number of carbonyl (C=O) groups is 2. The Morgan fingerprint density at radius 2 is 1.59 bits per heavy atom. The molecule has 3 aromatic rings. The summed E-state index contributed by atoms with van der Waals surface area (Å²) in [5.41, 5.74) is 6.49. The summed E-state index contributed by atoms with van der Waals surface area (Å²) in [6.45, 7) is 2.03. The van der Waals surface area contributed by atoms with Crippen LogP contribution in [-0.4, -0.2) is 11.7 Å². The molecule has 0 saturated carbocycles. The number of hydrogen-bond acceptors (Lipinski definition) is 2. The first kappa shape index (κ1) is 18.6. The van der Waals surface area contributed by atoms with E-state index in [0.717, 1.165) is 27.8 Å². The average molecular weight is 379 g/mol. The first-order valence-electron chi connectivity index (χ1n) is 9.57. The number of carbonyl (C=O) groups excluding carboxylic acids is 2. The zero-order valence-corrected chi connectivity index (χ0v) is 16.2. The smallest absolute Gasteiger partial charge is 0.248 e. The van der Waals surface area contributed by atoms with Crippen LogP contribution in [0.1, 0.15) is 32.6 Å². The number of fused-ring (bicyclic) bond motifs is 1. The molecule has 1 N–H and O–H groups in total. The van der Waals surface area contributed by atoms with E-state index in [1.165, 1.54) is 11.6 Å². The minimum absolute atomic E-state index is 0.0965. The molecule has 142 valence electrons. The molecule has 1 amide bonds. The average Bonchev–Trinajstić information content (AvgIpc) is 3.05. The number of allylic oxidation sites excluding steroid dienone is 1. The van der Waals surface area contributed by atoms with Crippen molar-refractivity contribution in [2.24, 2.45) is 0 Å². The fraction of sp³-hybridized carbons (Fsp3) is 0.0769. The highest BCUT2D eigenvalue weighted by Gasteiger charge is 2.23. The van der Waals surface area contributed by atoms with E-state index in [4.69, 9.17) is 0 Å². The highest BCUT2D eigenvalue weighted by atomic mass is 16.1. The summed E-state index contributed by atoms with van der Waals surface area (Å²) in [5, 5.41) is 2.85. The zero-order chi connectivity index (χ0) is 20.2. The normalized spacial score (nSPS) is 14.4. The summed E-state index contributed by atoms with van der Waals surface area (Å²) < 4.78 is 0. The van der Waals surface area contributed by atoms with E-state index in [9.17, 15) is 9.59 Å². The van der Waals surface area contributed by atoms with Crippen LogP contribution < -0.4 is 5.32 Å². The molecule has 0 heterocycles. The van der Waals surface area contributed by atoms with Gasteiger partial charge in [0.2, 0.25) is 5.91 Å². The maximum absolute atomic E-state index is 12.5. The quantitative estimate of drug-likeness (QED) is 0.611. The van der Waals surface area contributed by atoms with Crippen molar-refractivity contribution in [3.05, 3.63) is 112 Å². The van der Waals surface area contributed by atoms with Crippen LogP contribution in [0.2, 0.25) is 0 Å². The summed E-state index contributed by atoms with van der Waals surface area (Å²) in [6, 6.07) is 23.2. The van der Waals surface area contributed by atoms with Crippen LogP contribution in [0.3, 0.4) is 0 Å². The van der Waals surface area contributed by atoms with E-state index in [1.807, 2.05) is 85.8 Å². The Bertz CT molecular complexity index is 1120. The van der Waals surface area contributed by atoms with E-state index in [1.54, 1.807) is 6.08 Å². The summed E-state index contributed by atoms with van der Waals surface area (Å²) >= 11 is 0. The van der Waals surface area contributed by atoms with Crippen LogP contribution in [-0.2, 0) is 11.2 Å². The van der Waals surface area contributed by atoms with Crippen molar-refractivity contribution in [2.75, 3.05) is 5.32 Å². The molecule has 0 spiro atoms. The van der Waals surface area contributed by atoms with Gasteiger partial charge in [0, 0.05) is 29.3 Å². The number of nitrogens with one attached hydrogen (secondary N) is 1. The molecule has 0 atom stereocenters. The molecule has 0 aromatic heterocycles. The summed E-state index contributed by atoms with van der Waals surface area (Å²) in [7, 11) is 0. The van der Waals surface area contributed by atoms with Crippen LogP contribution in [0.25, 0.3) is 12.2 Å². The van der Waals surface area contributed by atoms with Gasteiger partial charge >= 0.3 is 0 Å². The second-order valence-corrected chi connectivity index (χ2v) is 7.19. The molecule has 0 radical (unpaired) electrons. The van der Waals surface area contributed by atoms with Gasteiger partial charge in [0.15, 0.2) is 5.78 Å². The number of anilines is 1. The molecule has 3 aromatic carbocycles. The molecule has 0 fully saturated rings.